The lowest BCUT2D eigenvalue weighted by Crippen LogP contribution is -2.27. The van der Waals surface area contributed by atoms with Crippen molar-refractivity contribution in [2.24, 2.45) is 5.92 Å². The highest BCUT2D eigenvalue weighted by molar-refractivity contribution is 14.1. The Hall–Kier alpha value is -0.450. The highest BCUT2D eigenvalue weighted by atomic mass is 127. The molecule has 2 N–H and O–H groups in total. The molecule has 1 fully saturated rings. The van der Waals surface area contributed by atoms with Crippen LogP contribution >= 0.6 is 22.6 Å². The Bertz CT molecular complexity index is 372. The standard InChI is InChI=1S/C14H21IN2/c1-17(10-11-5-3-2-4-6-11)14-8-7-12(16)9-13(14)15/h7-9,11H,2-6,10,16H2,1H3. The van der Waals surface area contributed by atoms with E-state index in [9.17, 15) is 0 Å². The molecule has 0 unspecified atom stereocenters. The van der Waals surface area contributed by atoms with Crippen LogP contribution in [0.1, 0.15) is 32.1 Å². The van der Waals surface area contributed by atoms with Gasteiger partial charge >= 0.3 is 0 Å². The highest BCUT2D eigenvalue weighted by Crippen LogP contribution is 2.28. The lowest BCUT2D eigenvalue weighted by atomic mass is 9.89. The van der Waals surface area contributed by atoms with Crippen molar-refractivity contribution in [3.63, 3.8) is 0 Å². The number of hydrogen-bond acceptors (Lipinski definition) is 2. The molecular weight excluding hydrogens is 323 g/mol. The van der Waals surface area contributed by atoms with E-state index in [0.29, 0.717) is 0 Å². The van der Waals surface area contributed by atoms with Crippen molar-refractivity contribution in [3.8, 4) is 0 Å². The summed E-state index contributed by atoms with van der Waals surface area (Å²) in [5, 5.41) is 0. The van der Waals surface area contributed by atoms with Gasteiger partial charge < -0.3 is 10.6 Å². The number of benzene rings is 1. The summed E-state index contributed by atoms with van der Waals surface area (Å²) in [4.78, 5) is 2.39. The van der Waals surface area contributed by atoms with Crippen LogP contribution in [0.25, 0.3) is 0 Å². The molecule has 3 heteroatoms. The average Bonchev–Trinajstić information content (AvgIpc) is 2.30. The lowest BCUT2D eigenvalue weighted by molar-refractivity contribution is 0.362. The van der Waals surface area contributed by atoms with Crippen LogP contribution in [0.3, 0.4) is 0 Å². The maximum absolute atomic E-state index is 5.79. The third-order valence-corrected chi connectivity index (χ3v) is 4.50. The second kappa shape index (κ2) is 5.94. The number of nitrogens with two attached hydrogens (primary N) is 1. The summed E-state index contributed by atoms with van der Waals surface area (Å²) in [6.45, 7) is 1.18. The quantitative estimate of drug-likeness (QED) is 0.666. The maximum Gasteiger partial charge on any atom is 0.0500 e. The third kappa shape index (κ3) is 3.50. The van der Waals surface area contributed by atoms with Crippen molar-refractivity contribution in [3.05, 3.63) is 21.8 Å². The van der Waals surface area contributed by atoms with E-state index >= 15 is 0 Å². The first kappa shape index (κ1) is 13.0. The van der Waals surface area contributed by atoms with E-state index < -0.39 is 0 Å². The van der Waals surface area contributed by atoms with E-state index in [-0.39, 0.29) is 0 Å². The predicted octanol–water partition coefficient (Wildman–Crippen LogP) is 3.89. The minimum absolute atomic E-state index is 0.851. The molecule has 1 aliphatic rings. The van der Waals surface area contributed by atoms with Gasteiger partial charge in [0.2, 0.25) is 0 Å². The SMILES string of the molecule is CN(CC1CCCCC1)c1ccc(N)cc1I. The van der Waals surface area contributed by atoms with Gasteiger partial charge in [0.25, 0.3) is 0 Å². The predicted molar refractivity (Wildman–Crippen MR) is 83.4 cm³/mol. The Morgan fingerprint density at radius 1 is 1.29 bits per heavy atom. The smallest absolute Gasteiger partial charge is 0.0500 e. The van der Waals surface area contributed by atoms with Crippen LogP contribution in [0, 0.1) is 9.49 Å². The van der Waals surface area contributed by atoms with Crippen LogP contribution in [-0.2, 0) is 0 Å². The van der Waals surface area contributed by atoms with Crippen molar-refractivity contribution in [2.45, 2.75) is 32.1 Å². The van der Waals surface area contributed by atoms with Crippen LogP contribution in [0.4, 0.5) is 11.4 Å². The first-order valence-corrected chi connectivity index (χ1v) is 7.51. The number of nitrogen functional groups attached to an aromatic ring is 1. The molecular formula is C14H21IN2. The molecule has 0 spiro atoms. The second-order valence-electron chi connectivity index (χ2n) is 5.10. The normalized spacial score (nSPS) is 17.1. The van der Waals surface area contributed by atoms with E-state index in [1.54, 1.807) is 0 Å². The molecule has 0 aliphatic heterocycles. The van der Waals surface area contributed by atoms with E-state index in [1.165, 1.54) is 47.9 Å². The first-order valence-electron chi connectivity index (χ1n) is 6.43. The zero-order valence-electron chi connectivity index (χ0n) is 10.5. The average molecular weight is 344 g/mol. The summed E-state index contributed by atoms with van der Waals surface area (Å²) in [5.74, 6) is 0.877. The summed E-state index contributed by atoms with van der Waals surface area (Å²) >= 11 is 2.37. The third-order valence-electron chi connectivity index (χ3n) is 3.64. The van der Waals surface area contributed by atoms with Gasteiger partial charge in [0.1, 0.15) is 0 Å². The van der Waals surface area contributed by atoms with Crippen LogP contribution in [0.15, 0.2) is 18.2 Å². The molecule has 0 saturated heterocycles. The number of hydrogen-bond donors (Lipinski definition) is 1. The fourth-order valence-corrected chi connectivity index (χ4v) is 3.64. The topological polar surface area (TPSA) is 29.3 Å². The van der Waals surface area contributed by atoms with E-state index in [1.807, 2.05) is 12.1 Å². The number of halogens is 1. The van der Waals surface area contributed by atoms with Gasteiger partial charge in [-0.05, 0) is 59.5 Å². The van der Waals surface area contributed by atoms with Crippen molar-refractivity contribution < 1.29 is 0 Å². The molecule has 1 aliphatic carbocycles. The maximum atomic E-state index is 5.79. The zero-order chi connectivity index (χ0) is 12.3. The van der Waals surface area contributed by atoms with Gasteiger partial charge in [-0.15, -0.1) is 0 Å². The van der Waals surface area contributed by atoms with Crippen LogP contribution in [0.2, 0.25) is 0 Å². The lowest BCUT2D eigenvalue weighted by Gasteiger charge is -2.29. The molecule has 17 heavy (non-hydrogen) atoms. The highest BCUT2D eigenvalue weighted by Gasteiger charge is 2.16. The summed E-state index contributed by atoms with van der Waals surface area (Å²) in [7, 11) is 2.20. The number of anilines is 2. The van der Waals surface area contributed by atoms with Gasteiger partial charge in [-0.25, -0.2) is 0 Å². The largest absolute Gasteiger partial charge is 0.399 e. The Morgan fingerprint density at radius 3 is 2.65 bits per heavy atom. The van der Waals surface area contributed by atoms with Crippen molar-refractivity contribution >= 4 is 34.0 Å². The minimum Gasteiger partial charge on any atom is -0.399 e. The summed E-state index contributed by atoms with van der Waals surface area (Å²) in [5.41, 5.74) is 7.95. The van der Waals surface area contributed by atoms with Crippen LogP contribution < -0.4 is 10.6 Å². The Morgan fingerprint density at radius 2 is 2.00 bits per heavy atom. The minimum atomic E-state index is 0.851. The molecule has 0 radical (unpaired) electrons. The molecule has 0 aromatic heterocycles. The second-order valence-corrected chi connectivity index (χ2v) is 6.26. The van der Waals surface area contributed by atoms with Gasteiger partial charge in [-0.2, -0.15) is 0 Å². The fraction of sp³-hybridized carbons (Fsp3) is 0.571. The van der Waals surface area contributed by atoms with Gasteiger partial charge in [0, 0.05) is 22.8 Å². The molecule has 0 atom stereocenters. The summed E-state index contributed by atoms with van der Waals surface area (Å²) in [6.07, 6.45) is 7.06. The Kier molecular flexibility index (Phi) is 4.54. The molecule has 2 rings (SSSR count). The molecule has 1 aromatic rings. The van der Waals surface area contributed by atoms with Crippen LogP contribution in [-0.4, -0.2) is 13.6 Å². The Balaban J connectivity index is 2.00. The summed E-state index contributed by atoms with van der Waals surface area (Å²) in [6, 6.07) is 6.18. The van der Waals surface area contributed by atoms with E-state index in [0.717, 1.165) is 11.6 Å². The van der Waals surface area contributed by atoms with Crippen molar-refractivity contribution in [1.29, 1.82) is 0 Å². The van der Waals surface area contributed by atoms with Gasteiger partial charge in [-0.3, -0.25) is 0 Å². The summed E-state index contributed by atoms with van der Waals surface area (Å²) < 4.78 is 1.25. The zero-order valence-corrected chi connectivity index (χ0v) is 12.6. The number of nitrogens with zero attached hydrogens (tertiary/aromatic N) is 1. The van der Waals surface area contributed by atoms with Gasteiger partial charge in [0.05, 0.1) is 5.69 Å². The Labute approximate surface area is 118 Å². The van der Waals surface area contributed by atoms with Gasteiger partial charge in [-0.1, -0.05) is 19.3 Å². The first-order chi connectivity index (χ1) is 8.16. The molecule has 0 bridgehead atoms. The molecule has 1 saturated carbocycles. The van der Waals surface area contributed by atoms with E-state index in [4.69, 9.17) is 5.73 Å². The number of rotatable bonds is 3. The molecule has 1 aromatic carbocycles. The molecule has 0 amide bonds. The fourth-order valence-electron chi connectivity index (χ4n) is 2.69. The van der Waals surface area contributed by atoms with Crippen LogP contribution in [0.5, 0.6) is 0 Å². The van der Waals surface area contributed by atoms with Gasteiger partial charge in [0.15, 0.2) is 0 Å². The molecule has 94 valence electrons. The van der Waals surface area contributed by atoms with E-state index in [2.05, 4.69) is 40.6 Å². The van der Waals surface area contributed by atoms with Crippen molar-refractivity contribution in [1.82, 2.24) is 0 Å². The molecule has 0 heterocycles. The monoisotopic (exact) mass is 344 g/mol. The van der Waals surface area contributed by atoms with Crippen molar-refractivity contribution in [2.75, 3.05) is 24.2 Å². The molecule has 2 nitrogen and oxygen atoms in total.